The van der Waals surface area contributed by atoms with Gasteiger partial charge in [0, 0.05) is 24.2 Å². The topological polar surface area (TPSA) is 63.4 Å². The summed E-state index contributed by atoms with van der Waals surface area (Å²) in [5.41, 5.74) is 6.40. The third-order valence-electron chi connectivity index (χ3n) is 3.85. The van der Waals surface area contributed by atoms with E-state index in [1.54, 1.807) is 37.4 Å². The SMILES string of the molecule is CCCC(C)N(C)S(=O)(=O)c1cccc2cc(N)ccc12. The van der Waals surface area contributed by atoms with Crippen LogP contribution >= 0.6 is 0 Å². The van der Waals surface area contributed by atoms with Crippen LogP contribution in [0.4, 0.5) is 5.69 Å². The Labute approximate surface area is 126 Å². The molecule has 114 valence electrons. The van der Waals surface area contributed by atoms with Gasteiger partial charge in [-0.1, -0.05) is 31.5 Å². The summed E-state index contributed by atoms with van der Waals surface area (Å²) >= 11 is 0. The van der Waals surface area contributed by atoms with Gasteiger partial charge in [-0.2, -0.15) is 4.31 Å². The summed E-state index contributed by atoms with van der Waals surface area (Å²) in [6.07, 6.45) is 1.79. The fraction of sp³-hybridized carbons (Fsp3) is 0.375. The molecular weight excluding hydrogens is 284 g/mol. The second kappa shape index (κ2) is 6.03. The van der Waals surface area contributed by atoms with Crippen LogP contribution < -0.4 is 5.73 Å². The number of sulfonamides is 1. The van der Waals surface area contributed by atoms with E-state index in [-0.39, 0.29) is 6.04 Å². The minimum Gasteiger partial charge on any atom is -0.399 e. The average molecular weight is 306 g/mol. The van der Waals surface area contributed by atoms with E-state index >= 15 is 0 Å². The Morgan fingerprint density at radius 3 is 2.62 bits per heavy atom. The van der Waals surface area contributed by atoms with Crippen LogP contribution in [0.1, 0.15) is 26.7 Å². The summed E-state index contributed by atoms with van der Waals surface area (Å²) in [5, 5.41) is 1.55. The molecule has 2 aromatic carbocycles. The van der Waals surface area contributed by atoms with E-state index in [2.05, 4.69) is 6.92 Å². The summed E-state index contributed by atoms with van der Waals surface area (Å²) in [7, 11) is -1.86. The molecule has 4 nitrogen and oxygen atoms in total. The lowest BCUT2D eigenvalue weighted by Gasteiger charge is -2.24. The van der Waals surface area contributed by atoms with Crippen molar-refractivity contribution in [1.29, 1.82) is 0 Å². The van der Waals surface area contributed by atoms with Gasteiger partial charge in [-0.3, -0.25) is 0 Å². The van der Waals surface area contributed by atoms with Crippen LogP contribution in [-0.2, 0) is 10.0 Å². The fourth-order valence-corrected chi connectivity index (χ4v) is 4.09. The lowest BCUT2D eigenvalue weighted by molar-refractivity contribution is 0.369. The Morgan fingerprint density at radius 1 is 1.24 bits per heavy atom. The summed E-state index contributed by atoms with van der Waals surface area (Å²) in [4.78, 5) is 0.338. The normalized spacial score (nSPS) is 13.7. The highest BCUT2D eigenvalue weighted by Gasteiger charge is 2.26. The second-order valence-corrected chi connectivity index (χ2v) is 7.36. The monoisotopic (exact) mass is 306 g/mol. The van der Waals surface area contributed by atoms with Crippen molar-refractivity contribution in [3.8, 4) is 0 Å². The quantitative estimate of drug-likeness (QED) is 0.863. The summed E-state index contributed by atoms with van der Waals surface area (Å²) in [6.45, 7) is 3.99. The molecule has 0 saturated carbocycles. The predicted molar refractivity (Wildman–Crippen MR) is 87.7 cm³/mol. The third-order valence-corrected chi connectivity index (χ3v) is 5.88. The number of nitrogen functional groups attached to an aromatic ring is 1. The van der Waals surface area contributed by atoms with Crippen molar-refractivity contribution in [2.75, 3.05) is 12.8 Å². The lowest BCUT2D eigenvalue weighted by atomic mass is 10.1. The number of hydrogen-bond donors (Lipinski definition) is 1. The van der Waals surface area contributed by atoms with E-state index in [0.29, 0.717) is 16.0 Å². The molecule has 5 heteroatoms. The molecule has 2 rings (SSSR count). The van der Waals surface area contributed by atoms with Crippen LogP contribution in [-0.4, -0.2) is 25.8 Å². The van der Waals surface area contributed by atoms with Gasteiger partial charge < -0.3 is 5.73 Å². The molecule has 0 radical (unpaired) electrons. The molecule has 0 aliphatic carbocycles. The van der Waals surface area contributed by atoms with Gasteiger partial charge in [-0.25, -0.2) is 8.42 Å². The minimum atomic E-state index is -3.51. The molecule has 1 atom stereocenters. The van der Waals surface area contributed by atoms with Crippen molar-refractivity contribution < 1.29 is 8.42 Å². The van der Waals surface area contributed by atoms with Crippen molar-refractivity contribution in [1.82, 2.24) is 4.31 Å². The second-order valence-electron chi connectivity index (χ2n) is 5.40. The van der Waals surface area contributed by atoms with E-state index in [1.165, 1.54) is 4.31 Å². The van der Waals surface area contributed by atoms with E-state index in [1.807, 2.05) is 13.0 Å². The zero-order chi connectivity index (χ0) is 15.6. The number of nitrogens with zero attached hydrogens (tertiary/aromatic N) is 1. The molecule has 0 heterocycles. The van der Waals surface area contributed by atoms with Crippen molar-refractivity contribution in [2.45, 2.75) is 37.6 Å². The Hall–Kier alpha value is -1.59. The van der Waals surface area contributed by atoms with Gasteiger partial charge in [-0.05, 0) is 36.9 Å². The highest BCUT2D eigenvalue weighted by atomic mass is 32.2. The first-order valence-electron chi connectivity index (χ1n) is 7.14. The Kier molecular flexibility index (Phi) is 4.54. The molecule has 0 fully saturated rings. The van der Waals surface area contributed by atoms with E-state index in [4.69, 9.17) is 5.73 Å². The Bertz CT molecular complexity index is 741. The lowest BCUT2D eigenvalue weighted by Crippen LogP contribution is -2.35. The van der Waals surface area contributed by atoms with E-state index < -0.39 is 10.0 Å². The maximum atomic E-state index is 12.8. The molecule has 1 unspecified atom stereocenters. The summed E-state index contributed by atoms with van der Waals surface area (Å²) in [6, 6.07) is 10.6. The van der Waals surface area contributed by atoms with Gasteiger partial charge in [0.15, 0.2) is 0 Å². The first kappa shape index (κ1) is 15.8. The molecule has 0 aliphatic rings. The van der Waals surface area contributed by atoms with Gasteiger partial charge in [0.25, 0.3) is 0 Å². The minimum absolute atomic E-state index is 0.0240. The van der Waals surface area contributed by atoms with Crippen molar-refractivity contribution in [2.24, 2.45) is 0 Å². The maximum absolute atomic E-state index is 12.8. The molecule has 0 spiro atoms. The fourth-order valence-electron chi connectivity index (χ4n) is 2.49. The van der Waals surface area contributed by atoms with Crippen LogP contribution in [0.5, 0.6) is 0 Å². The molecule has 0 aromatic heterocycles. The number of benzene rings is 2. The predicted octanol–water partition coefficient (Wildman–Crippen LogP) is 3.23. The number of anilines is 1. The highest BCUT2D eigenvalue weighted by molar-refractivity contribution is 7.89. The van der Waals surface area contributed by atoms with Crippen LogP contribution in [0, 0.1) is 0 Å². The Morgan fingerprint density at radius 2 is 1.95 bits per heavy atom. The van der Waals surface area contributed by atoms with Gasteiger partial charge in [-0.15, -0.1) is 0 Å². The first-order chi connectivity index (χ1) is 9.87. The molecule has 0 amide bonds. The number of hydrogen-bond acceptors (Lipinski definition) is 3. The van der Waals surface area contributed by atoms with Crippen molar-refractivity contribution >= 4 is 26.5 Å². The van der Waals surface area contributed by atoms with Gasteiger partial charge in [0.1, 0.15) is 0 Å². The number of rotatable bonds is 5. The van der Waals surface area contributed by atoms with Crippen molar-refractivity contribution in [3.63, 3.8) is 0 Å². The molecule has 21 heavy (non-hydrogen) atoms. The van der Waals surface area contributed by atoms with E-state index in [0.717, 1.165) is 18.2 Å². The van der Waals surface area contributed by atoms with Crippen molar-refractivity contribution in [3.05, 3.63) is 36.4 Å². The maximum Gasteiger partial charge on any atom is 0.243 e. The molecule has 2 aromatic rings. The molecule has 2 N–H and O–H groups in total. The third kappa shape index (κ3) is 3.04. The van der Waals surface area contributed by atoms with Gasteiger partial charge >= 0.3 is 0 Å². The first-order valence-corrected chi connectivity index (χ1v) is 8.58. The zero-order valence-corrected chi connectivity index (χ0v) is 13.5. The summed E-state index contributed by atoms with van der Waals surface area (Å²) < 4.78 is 27.1. The van der Waals surface area contributed by atoms with Gasteiger partial charge in [0.2, 0.25) is 10.0 Å². The molecule has 0 bridgehead atoms. The zero-order valence-electron chi connectivity index (χ0n) is 12.7. The van der Waals surface area contributed by atoms with Gasteiger partial charge in [0.05, 0.1) is 4.90 Å². The Balaban J connectivity index is 2.55. The highest BCUT2D eigenvalue weighted by Crippen LogP contribution is 2.28. The van der Waals surface area contributed by atoms with E-state index in [9.17, 15) is 8.42 Å². The van der Waals surface area contributed by atoms with Crippen LogP contribution in [0.2, 0.25) is 0 Å². The average Bonchev–Trinajstić information content (AvgIpc) is 2.45. The standard InChI is InChI=1S/C16H22N2O2S/c1-4-6-12(2)18(3)21(19,20)16-8-5-7-13-11-14(17)9-10-15(13)16/h5,7-12H,4,6,17H2,1-3H3. The number of nitrogens with two attached hydrogens (primary N) is 1. The molecular formula is C16H22N2O2S. The van der Waals surface area contributed by atoms with Crippen LogP contribution in [0.15, 0.2) is 41.3 Å². The van der Waals surface area contributed by atoms with Crippen LogP contribution in [0.25, 0.3) is 10.8 Å². The molecule has 0 saturated heterocycles. The smallest absolute Gasteiger partial charge is 0.243 e. The number of fused-ring (bicyclic) bond motifs is 1. The largest absolute Gasteiger partial charge is 0.399 e. The molecule has 0 aliphatic heterocycles. The summed E-state index contributed by atoms with van der Waals surface area (Å²) in [5.74, 6) is 0. The van der Waals surface area contributed by atoms with Crippen LogP contribution in [0.3, 0.4) is 0 Å².